The van der Waals surface area contributed by atoms with Gasteiger partial charge in [-0.15, -0.1) is 0 Å². The lowest BCUT2D eigenvalue weighted by Crippen LogP contribution is -2.75. The Kier molecular flexibility index (Phi) is 3.75. The fourth-order valence-corrected chi connectivity index (χ4v) is 7.53. The second kappa shape index (κ2) is 5.98. The maximum absolute atomic E-state index is 12.7. The number of carbonyl (C=O) groups excluding carboxylic acids is 1. The van der Waals surface area contributed by atoms with Crippen LogP contribution < -0.4 is 0 Å². The molecule has 3 aliphatic carbocycles. The molecule has 0 unspecified atom stereocenters. The molecule has 2 aliphatic heterocycles. The van der Waals surface area contributed by atoms with Crippen LogP contribution in [0.1, 0.15) is 56.6 Å². The SMILES string of the molecule is CCN1C(=O)C[C@@H]2C[C@@]3(O)[C@H]4Cc5ccc(O)cc5[C@@]3(CCN4CC3CC3)C[C@@H]21. The molecule has 4 fully saturated rings. The van der Waals surface area contributed by atoms with Crippen LogP contribution in [0, 0.1) is 11.8 Å². The fraction of sp³-hybridized carbons (Fsp3) is 0.708. The number of nitrogens with zero attached hydrogens (tertiary/aromatic N) is 2. The minimum Gasteiger partial charge on any atom is -0.508 e. The van der Waals surface area contributed by atoms with Crippen molar-refractivity contribution in [2.45, 2.75) is 75.0 Å². The van der Waals surface area contributed by atoms with Gasteiger partial charge in [0.05, 0.1) is 5.60 Å². The molecule has 5 atom stereocenters. The number of hydrogen-bond acceptors (Lipinski definition) is 4. The van der Waals surface area contributed by atoms with Crippen molar-refractivity contribution in [1.29, 1.82) is 0 Å². The quantitative estimate of drug-likeness (QED) is 0.824. The third-order valence-corrected chi connectivity index (χ3v) is 9.03. The lowest BCUT2D eigenvalue weighted by atomic mass is 9.47. The Morgan fingerprint density at radius 3 is 2.79 bits per heavy atom. The molecule has 0 aromatic heterocycles. The molecule has 1 aromatic rings. The molecule has 156 valence electrons. The molecular formula is C24H32N2O3. The van der Waals surface area contributed by atoms with Gasteiger partial charge in [-0.25, -0.2) is 0 Å². The summed E-state index contributed by atoms with van der Waals surface area (Å²) in [5, 5.41) is 22.7. The van der Waals surface area contributed by atoms with Gasteiger partial charge in [0.15, 0.2) is 0 Å². The highest BCUT2D eigenvalue weighted by atomic mass is 16.3. The zero-order chi connectivity index (χ0) is 20.0. The van der Waals surface area contributed by atoms with E-state index in [9.17, 15) is 15.0 Å². The number of benzene rings is 1. The summed E-state index contributed by atoms with van der Waals surface area (Å²) in [6.45, 7) is 4.93. The summed E-state index contributed by atoms with van der Waals surface area (Å²) >= 11 is 0. The topological polar surface area (TPSA) is 64.0 Å². The molecule has 0 spiro atoms. The van der Waals surface area contributed by atoms with Crippen LogP contribution in [0.25, 0.3) is 0 Å². The first kappa shape index (κ1) is 18.2. The highest BCUT2D eigenvalue weighted by Gasteiger charge is 2.68. The molecule has 2 N–H and O–H groups in total. The normalized spacial score (nSPS) is 41.1. The molecule has 1 aromatic carbocycles. The van der Waals surface area contributed by atoms with E-state index in [-0.39, 0.29) is 35.1 Å². The van der Waals surface area contributed by atoms with Gasteiger partial charge < -0.3 is 15.1 Å². The molecule has 5 heteroatoms. The van der Waals surface area contributed by atoms with Crippen LogP contribution in [-0.4, -0.2) is 63.2 Å². The Labute approximate surface area is 172 Å². The second-order valence-electron chi connectivity index (χ2n) is 10.4. The van der Waals surface area contributed by atoms with E-state index in [2.05, 4.69) is 22.8 Å². The lowest BCUT2D eigenvalue weighted by molar-refractivity contribution is -0.184. The molecule has 5 aliphatic rings. The number of hydrogen-bond donors (Lipinski definition) is 2. The molecule has 2 saturated carbocycles. The van der Waals surface area contributed by atoms with Gasteiger partial charge in [0.1, 0.15) is 5.75 Å². The molecule has 6 rings (SSSR count). The van der Waals surface area contributed by atoms with Crippen LogP contribution in [-0.2, 0) is 16.6 Å². The van der Waals surface area contributed by atoms with Crippen LogP contribution in [0.2, 0.25) is 0 Å². The third kappa shape index (κ3) is 2.37. The second-order valence-corrected chi connectivity index (χ2v) is 10.4. The predicted octanol–water partition coefficient (Wildman–Crippen LogP) is 2.43. The Morgan fingerprint density at radius 1 is 1.21 bits per heavy atom. The highest BCUT2D eigenvalue weighted by molar-refractivity contribution is 5.79. The minimum absolute atomic E-state index is 0.126. The van der Waals surface area contributed by atoms with Crippen LogP contribution in [0.3, 0.4) is 0 Å². The number of fused-ring (bicyclic) bond motifs is 2. The first-order chi connectivity index (χ1) is 13.9. The average molecular weight is 397 g/mol. The monoisotopic (exact) mass is 396 g/mol. The zero-order valence-electron chi connectivity index (χ0n) is 17.3. The molecule has 2 heterocycles. The van der Waals surface area contributed by atoms with Crippen molar-refractivity contribution >= 4 is 5.91 Å². The third-order valence-electron chi connectivity index (χ3n) is 9.03. The van der Waals surface area contributed by atoms with Gasteiger partial charge in [-0.05, 0) is 87.1 Å². The van der Waals surface area contributed by atoms with Crippen molar-refractivity contribution in [3.05, 3.63) is 29.3 Å². The molecule has 5 nitrogen and oxygen atoms in total. The van der Waals surface area contributed by atoms with E-state index in [4.69, 9.17) is 0 Å². The van der Waals surface area contributed by atoms with Gasteiger partial charge in [-0.2, -0.15) is 0 Å². The predicted molar refractivity (Wildman–Crippen MR) is 110 cm³/mol. The Balaban J connectivity index is 1.48. The molecule has 2 saturated heterocycles. The largest absolute Gasteiger partial charge is 0.508 e. The maximum Gasteiger partial charge on any atom is 0.223 e. The molecular weight excluding hydrogens is 364 g/mol. The highest BCUT2D eigenvalue weighted by Crippen LogP contribution is 2.61. The van der Waals surface area contributed by atoms with Crippen molar-refractivity contribution in [1.82, 2.24) is 9.80 Å². The number of rotatable bonds is 3. The van der Waals surface area contributed by atoms with Crippen LogP contribution in [0.5, 0.6) is 5.75 Å². The number of amides is 1. The Bertz CT molecular complexity index is 868. The van der Waals surface area contributed by atoms with Gasteiger partial charge in [-0.1, -0.05) is 6.07 Å². The summed E-state index contributed by atoms with van der Waals surface area (Å²) < 4.78 is 0. The van der Waals surface area contributed by atoms with E-state index in [0.29, 0.717) is 12.8 Å². The van der Waals surface area contributed by atoms with Crippen LogP contribution >= 0.6 is 0 Å². The first-order valence-electron chi connectivity index (χ1n) is 11.5. The Hall–Kier alpha value is -1.59. The molecule has 29 heavy (non-hydrogen) atoms. The van der Waals surface area contributed by atoms with Crippen molar-refractivity contribution in [2.75, 3.05) is 19.6 Å². The average Bonchev–Trinajstić information content (AvgIpc) is 3.44. The van der Waals surface area contributed by atoms with Gasteiger partial charge in [0.25, 0.3) is 0 Å². The summed E-state index contributed by atoms with van der Waals surface area (Å²) in [5.74, 6) is 1.59. The summed E-state index contributed by atoms with van der Waals surface area (Å²) in [4.78, 5) is 17.3. The standard InChI is InChI=1S/C24H32N2O3/c1-2-26-20-13-23-7-8-25(14-15-3-4-15)21(9-16-5-6-18(27)11-19(16)23)24(23,29)12-17(20)10-22(26)28/h5-6,11,15,17,20-21,27,29H,2-4,7-10,12-14H2,1H3/t17-,20+,21-,23-,24-/m1/s1. The van der Waals surface area contributed by atoms with Gasteiger partial charge in [0.2, 0.25) is 5.91 Å². The lowest BCUT2D eigenvalue weighted by Gasteiger charge is -2.66. The van der Waals surface area contributed by atoms with E-state index in [1.807, 2.05) is 6.07 Å². The smallest absolute Gasteiger partial charge is 0.223 e. The zero-order valence-corrected chi connectivity index (χ0v) is 17.3. The number of phenols is 1. The van der Waals surface area contributed by atoms with E-state index < -0.39 is 5.60 Å². The van der Waals surface area contributed by atoms with Crippen LogP contribution in [0.15, 0.2) is 18.2 Å². The number of aliphatic hydroxyl groups is 1. The van der Waals surface area contributed by atoms with Crippen molar-refractivity contribution < 1.29 is 15.0 Å². The molecule has 1 amide bonds. The van der Waals surface area contributed by atoms with Gasteiger partial charge in [-0.3, -0.25) is 9.69 Å². The summed E-state index contributed by atoms with van der Waals surface area (Å²) in [6, 6.07) is 6.13. The van der Waals surface area contributed by atoms with E-state index in [1.165, 1.54) is 18.4 Å². The van der Waals surface area contributed by atoms with Gasteiger partial charge >= 0.3 is 0 Å². The summed E-state index contributed by atoms with van der Waals surface area (Å²) in [5.41, 5.74) is 1.26. The maximum atomic E-state index is 12.7. The molecule has 2 bridgehead atoms. The van der Waals surface area contributed by atoms with Crippen molar-refractivity contribution in [3.8, 4) is 5.75 Å². The van der Waals surface area contributed by atoms with Crippen LogP contribution in [0.4, 0.5) is 0 Å². The number of aromatic hydroxyl groups is 1. The van der Waals surface area contributed by atoms with Crippen molar-refractivity contribution in [2.24, 2.45) is 11.8 Å². The Morgan fingerprint density at radius 2 is 2.03 bits per heavy atom. The van der Waals surface area contributed by atoms with Crippen molar-refractivity contribution in [3.63, 3.8) is 0 Å². The van der Waals surface area contributed by atoms with E-state index in [1.54, 1.807) is 6.07 Å². The van der Waals surface area contributed by atoms with Gasteiger partial charge in [0, 0.05) is 37.0 Å². The van der Waals surface area contributed by atoms with E-state index >= 15 is 0 Å². The number of likely N-dealkylation sites (tertiary alicyclic amines) is 2. The number of carbonyl (C=O) groups is 1. The summed E-state index contributed by atoms with van der Waals surface area (Å²) in [7, 11) is 0. The number of piperidine rings is 1. The van der Waals surface area contributed by atoms with E-state index in [0.717, 1.165) is 50.4 Å². The number of phenolic OH excluding ortho intramolecular Hbond substituents is 1. The first-order valence-corrected chi connectivity index (χ1v) is 11.5. The molecule has 0 radical (unpaired) electrons. The minimum atomic E-state index is -0.813. The fourth-order valence-electron chi connectivity index (χ4n) is 7.53. The summed E-state index contributed by atoms with van der Waals surface area (Å²) in [6.07, 6.45) is 6.53.